The van der Waals surface area contributed by atoms with Crippen LogP contribution in [0.5, 0.6) is 0 Å². The van der Waals surface area contributed by atoms with Gasteiger partial charge in [0.25, 0.3) is 0 Å². The molecule has 3 unspecified atom stereocenters. The van der Waals surface area contributed by atoms with Crippen molar-refractivity contribution < 1.29 is 80.2 Å². The van der Waals surface area contributed by atoms with Gasteiger partial charge in [-0.05, 0) is 37.5 Å². The number of phosphoric ester groups is 2. The fraction of sp³-hybridized carbons (Fsp3) is 0.956. The lowest BCUT2D eigenvalue weighted by molar-refractivity contribution is -0.161. The summed E-state index contributed by atoms with van der Waals surface area (Å²) in [5.41, 5.74) is 0. The minimum absolute atomic E-state index is 0.108. The van der Waals surface area contributed by atoms with Crippen LogP contribution < -0.4 is 0 Å². The zero-order valence-electron chi connectivity index (χ0n) is 71.9. The summed E-state index contributed by atoms with van der Waals surface area (Å²) in [6.07, 6.45) is 75.0. The number of carbonyl (C=O) groups is 4. The van der Waals surface area contributed by atoms with Crippen LogP contribution in [-0.2, 0) is 65.4 Å². The maximum atomic E-state index is 13.2. The number of phosphoric acid groups is 2. The van der Waals surface area contributed by atoms with Gasteiger partial charge in [-0.15, -0.1) is 0 Å². The third kappa shape index (κ3) is 82.4. The van der Waals surface area contributed by atoms with Crippen molar-refractivity contribution in [3.8, 4) is 0 Å². The maximum Gasteiger partial charge on any atom is 0.472 e. The smallest absolute Gasteiger partial charge is 0.462 e. The molecule has 0 amide bonds. The van der Waals surface area contributed by atoms with Crippen LogP contribution in [-0.4, -0.2) is 96.7 Å². The molecule has 0 aromatic heterocycles. The van der Waals surface area contributed by atoms with Gasteiger partial charge in [-0.3, -0.25) is 37.3 Å². The second kappa shape index (κ2) is 81.2. The highest BCUT2D eigenvalue weighted by Crippen LogP contribution is 2.45. The van der Waals surface area contributed by atoms with E-state index in [0.717, 1.165) is 102 Å². The van der Waals surface area contributed by atoms with E-state index in [1.54, 1.807) is 0 Å². The maximum absolute atomic E-state index is 13.2. The molecule has 0 aliphatic heterocycles. The van der Waals surface area contributed by atoms with Gasteiger partial charge in [0, 0.05) is 25.7 Å². The van der Waals surface area contributed by atoms with Crippen molar-refractivity contribution in [3.63, 3.8) is 0 Å². The number of rotatable bonds is 89. The van der Waals surface area contributed by atoms with E-state index in [0.29, 0.717) is 25.7 Å². The summed E-state index contributed by atoms with van der Waals surface area (Å²) >= 11 is 0. The average Bonchev–Trinajstić information content (AvgIpc) is 0.899. The Morgan fingerprint density at radius 2 is 0.468 bits per heavy atom. The number of aliphatic hydroxyl groups excluding tert-OH is 1. The Morgan fingerprint density at radius 1 is 0.266 bits per heavy atom. The van der Waals surface area contributed by atoms with Crippen molar-refractivity contribution in [2.45, 2.75) is 503 Å². The molecule has 0 spiro atoms. The van der Waals surface area contributed by atoms with E-state index in [2.05, 4.69) is 41.5 Å². The molecule has 0 aromatic carbocycles. The molecule has 19 heteroatoms. The van der Waals surface area contributed by atoms with Gasteiger partial charge in [0.15, 0.2) is 12.2 Å². The van der Waals surface area contributed by atoms with Gasteiger partial charge in [0.2, 0.25) is 0 Å². The van der Waals surface area contributed by atoms with E-state index in [-0.39, 0.29) is 25.7 Å². The molecule has 17 nitrogen and oxygen atoms in total. The van der Waals surface area contributed by atoms with Crippen LogP contribution in [0.1, 0.15) is 485 Å². The predicted molar refractivity (Wildman–Crippen MR) is 451 cm³/mol. The summed E-state index contributed by atoms with van der Waals surface area (Å²) < 4.78 is 69.0. The summed E-state index contributed by atoms with van der Waals surface area (Å²) in [5, 5.41) is 10.7. The highest BCUT2D eigenvalue weighted by atomic mass is 31.2. The molecule has 0 aliphatic rings. The number of hydrogen-bond acceptors (Lipinski definition) is 15. The van der Waals surface area contributed by atoms with E-state index >= 15 is 0 Å². The van der Waals surface area contributed by atoms with Crippen LogP contribution in [0.3, 0.4) is 0 Å². The first-order valence-corrected chi connectivity index (χ1v) is 49.5. The monoisotopic (exact) mass is 1590 g/mol. The summed E-state index contributed by atoms with van der Waals surface area (Å²) in [4.78, 5) is 73.4. The van der Waals surface area contributed by atoms with Gasteiger partial charge in [0.1, 0.15) is 19.3 Å². The molecule has 0 saturated carbocycles. The van der Waals surface area contributed by atoms with Crippen LogP contribution in [0.4, 0.5) is 0 Å². The summed E-state index contributed by atoms with van der Waals surface area (Å²) in [7, 11) is -9.93. The number of carbonyl (C=O) groups excluding carboxylic acids is 4. The van der Waals surface area contributed by atoms with Crippen molar-refractivity contribution in [3.05, 3.63) is 0 Å². The van der Waals surface area contributed by atoms with Crippen molar-refractivity contribution in [2.24, 2.45) is 11.8 Å². The van der Waals surface area contributed by atoms with E-state index < -0.39 is 97.5 Å². The number of esters is 4. The molecule has 0 radical (unpaired) electrons. The van der Waals surface area contributed by atoms with Crippen LogP contribution in [0.25, 0.3) is 0 Å². The lowest BCUT2D eigenvalue weighted by atomic mass is 9.99. The first-order valence-electron chi connectivity index (χ1n) is 46.5. The molecule has 0 saturated heterocycles. The summed E-state index contributed by atoms with van der Waals surface area (Å²) in [6.45, 7) is 9.77. The fourth-order valence-electron chi connectivity index (χ4n) is 14.1. The van der Waals surface area contributed by atoms with E-state index in [9.17, 15) is 43.2 Å². The molecule has 6 atom stereocenters. The molecular weight excluding hydrogens is 1410 g/mol. The van der Waals surface area contributed by atoms with Gasteiger partial charge in [-0.1, -0.05) is 433 Å². The molecule has 109 heavy (non-hydrogen) atoms. The second-order valence-corrected chi connectivity index (χ2v) is 36.0. The van der Waals surface area contributed by atoms with E-state index in [1.165, 1.54) is 302 Å². The van der Waals surface area contributed by atoms with Gasteiger partial charge >= 0.3 is 39.5 Å². The van der Waals surface area contributed by atoms with Crippen molar-refractivity contribution >= 4 is 39.5 Å². The van der Waals surface area contributed by atoms with Gasteiger partial charge in [0.05, 0.1) is 26.4 Å². The highest BCUT2D eigenvalue weighted by Gasteiger charge is 2.31. The van der Waals surface area contributed by atoms with Crippen LogP contribution >= 0.6 is 15.6 Å². The predicted octanol–water partition coefficient (Wildman–Crippen LogP) is 27.8. The normalized spacial score (nSPS) is 14.0. The zero-order valence-corrected chi connectivity index (χ0v) is 73.7. The van der Waals surface area contributed by atoms with Gasteiger partial charge in [-0.25, -0.2) is 9.13 Å². The molecule has 0 aliphatic carbocycles. The summed E-state index contributed by atoms with van der Waals surface area (Å²) in [5.74, 6) is -0.439. The molecule has 0 aromatic rings. The van der Waals surface area contributed by atoms with Crippen molar-refractivity contribution in [1.29, 1.82) is 0 Å². The number of hydrogen-bond donors (Lipinski definition) is 3. The Kier molecular flexibility index (Phi) is 79.8. The first-order chi connectivity index (χ1) is 52.9. The molecule has 648 valence electrons. The second-order valence-electron chi connectivity index (χ2n) is 33.1. The van der Waals surface area contributed by atoms with E-state index in [1.807, 2.05) is 0 Å². The molecule has 0 heterocycles. The van der Waals surface area contributed by atoms with Crippen molar-refractivity contribution in [2.75, 3.05) is 39.6 Å². The lowest BCUT2D eigenvalue weighted by Gasteiger charge is -2.21. The van der Waals surface area contributed by atoms with Crippen LogP contribution in [0.2, 0.25) is 0 Å². The lowest BCUT2D eigenvalue weighted by Crippen LogP contribution is -2.30. The Balaban J connectivity index is 5.23. The zero-order chi connectivity index (χ0) is 79.9. The Morgan fingerprint density at radius 3 is 0.697 bits per heavy atom. The Bertz CT molecular complexity index is 2080. The number of unbranched alkanes of at least 4 members (excludes halogenated alkanes) is 58. The average molecular weight is 1590 g/mol. The largest absolute Gasteiger partial charge is 0.472 e. The van der Waals surface area contributed by atoms with Crippen LogP contribution in [0, 0.1) is 11.8 Å². The standard InChI is InChI=1S/C90H176O17P2/c1-7-10-12-14-16-18-20-21-22-23-24-25-29-32-37-43-49-55-61-67-73-88(93)101-79-86(107-89(94)74-68-62-56-50-44-38-33-30-27-26-28-31-36-42-47-53-59-65-71-83(6)9-3)81-105-109(98,99)103-77-84(91)76-102-108(96,97)104-80-85(78-100-87(92)72-66-60-54-48-40-19-17-15-13-11-8-2)106-90(95)75-69-63-57-51-45-39-34-35-41-46-52-58-64-70-82(4)5/h82-86,91H,7-81H2,1-6H3,(H,96,97)(H,98,99)/t83?,84-,85+,86+/m0/s1. The minimum atomic E-state index is -4.97. The Hall–Kier alpha value is -1.94. The topological polar surface area (TPSA) is 237 Å². The molecular formula is C90H176O17P2. The quantitative estimate of drug-likeness (QED) is 0.0222. The number of ether oxygens (including phenoxy) is 4. The van der Waals surface area contributed by atoms with Crippen molar-refractivity contribution in [1.82, 2.24) is 0 Å². The third-order valence-electron chi connectivity index (χ3n) is 21.6. The molecule has 3 N–H and O–H groups in total. The summed E-state index contributed by atoms with van der Waals surface area (Å²) in [6, 6.07) is 0. The van der Waals surface area contributed by atoms with Gasteiger partial charge in [-0.2, -0.15) is 0 Å². The first kappa shape index (κ1) is 107. The number of aliphatic hydroxyl groups is 1. The van der Waals surface area contributed by atoms with Gasteiger partial charge < -0.3 is 33.8 Å². The minimum Gasteiger partial charge on any atom is -0.462 e. The SMILES string of the molecule is CCCCCCCCCCCCCCCCCCCCCCC(=O)OC[C@H](COP(=O)(O)OC[C@@H](O)COP(=O)(O)OC[C@@H](COC(=O)CCCCCCCCCCCCC)OC(=O)CCCCCCCCCCCCCCCC(C)C)OC(=O)CCCCCCCCCCCCCCCCCCCCC(C)CC. The van der Waals surface area contributed by atoms with E-state index in [4.69, 9.17) is 37.0 Å². The van der Waals surface area contributed by atoms with Crippen LogP contribution in [0.15, 0.2) is 0 Å². The fourth-order valence-corrected chi connectivity index (χ4v) is 15.7. The Labute approximate surface area is 670 Å². The molecule has 0 rings (SSSR count). The molecule has 0 fully saturated rings. The third-order valence-corrected chi connectivity index (χ3v) is 23.5. The highest BCUT2D eigenvalue weighted by molar-refractivity contribution is 7.47. The molecule has 0 bridgehead atoms.